The van der Waals surface area contributed by atoms with Crippen molar-refractivity contribution in [2.75, 3.05) is 46.3 Å². The molecule has 1 aromatic carbocycles. The molecule has 2 saturated heterocycles. The van der Waals surface area contributed by atoms with Crippen LogP contribution in [0.25, 0.3) is 0 Å². The molecule has 2 fully saturated rings. The number of likely N-dealkylation sites (tertiary alicyclic amines) is 1. The fourth-order valence-corrected chi connectivity index (χ4v) is 3.67. The van der Waals surface area contributed by atoms with Gasteiger partial charge >= 0.3 is 0 Å². The minimum absolute atomic E-state index is 0.0761. The Morgan fingerprint density at radius 1 is 0.880 bits per heavy atom. The molecule has 0 N–H and O–H groups in total. The second-order valence-electron chi connectivity index (χ2n) is 7.49. The summed E-state index contributed by atoms with van der Waals surface area (Å²) in [6, 6.07) is 5.89. The number of rotatable bonds is 2. The molecule has 1 aromatic rings. The fraction of sp³-hybridized carbons (Fsp3) is 0.600. The monoisotopic (exact) mass is 343 g/mol. The molecular weight excluding hydrogens is 314 g/mol. The molecule has 2 aliphatic heterocycles. The Hall–Kier alpha value is -1.88. The van der Waals surface area contributed by atoms with Crippen LogP contribution in [0.3, 0.4) is 0 Å². The highest BCUT2D eigenvalue weighted by molar-refractivity contribution is 5.94. The quantitative estimate of drug-likeness (QED) is 0.824. The van der Waals surface area contributed by atoms with Crippen molar-refractivity contribution in [2.24, 2.45) is 5.92 Å². The number of amides is 2. The van der Waals surface area contributed by atoms with Gasteiger partial charge in [0, 0.05) is 50.7 Å². The Morgan fingerprint density at radius 2 is 1.52 bits per heavy atom. The zero-order valence-electron chi connectivity index (χ0n) is 15.6. The fourth-order valence-electron chi connectivity index (χ4n) is 3.67. The van der Waals surface area contributed by atoms with Crippen LogP contribution in [0.5, 0.6) is 0 Å². The van der Waals surface area contributed by atoms with Crippen LogP contribution in [0.1, 0.15) is 34.3 Å². The van der Waals surface area contributed by atoms with Crippen LogP contribution in [0, 0.1) is 19.8 Å². The summed E-state index contributed by atoms with van der Waals surface area (Å²) in [5, 5.41) is 0. The molecule has 0 atom stereocenters. The molecule has 0 unspecified atom stereocenters. The minimum Gasteiger partial charge on any atom is -0.340 e. The first-order chi connectivity index (χ1) is 12.0. The third kappa shape index (κ3) is 4.03. The molecule has 0 saturated carbocycles. The van der Waals surface area contributed by atoms with E-state index in [1.165, 1.54) is 5.56 Å². The summed E-state index contributed by atoms with van der Waals surface area (Å²) in [4.78, 5) is 31.6. The maximum Gasteiger partial charge on any atom is 0.253 e. The summed E-state index contributed by atoms with van der Waals surface area (Å²) in [6.07, 6.45) is 1.56. The Balaban J connectivity index is 1.55. The number of benzene rings is 1. The molecule has 25 heavy (non-hydrogen) atoms. The molecule has 136 valence electrons. The zero-order valence-corrected chi connectivity index (χ0v) is 15.6. The van der Waals surface area contributed by atoms with Gasteiger partial charge in [-0.3, -0.25) is 9.59 Å². The lowest BCUT2D eigenvalue weighted by molar-refractivity contribution is -0.138. The highest BCUT2D eigenvalue weighted by atomic mass is 16.2. The molecule has 2 amide bonds. The summed E-state index contributed by atoms with van der Waals surface area (Å²) >= 11 is 0. The van der Waals surface area contributed by atoms with E-state index < -0.39 is 0 Å². The van der Waals surface area contributed by atoms with E-state index in [1.54, 1.807) is 0 Å². The zero-order chi connectivity index (χ0) is 18.0. The van der Waals surface area contributed by atoms with E-state index >= 15 is 0 Å². The summed E-state index contributed by atoms with van der Waals surface area (Å²) < 4.78 is 0. The van der Waals surface area contributed by atoms with Gasteiger partial charge < -0.3 is 14.7 Å². The summed E-state index contributed by atoms with van der Waals surface area (Å²) in [5.41, 5.74) is 3.10. The third-order valence-corrected chi connectivity index (χ3v) is 5.70. The Kier molecular flexibility index (Phi) is 5.42. The second-order valence-corrected chi connectivity index (χ2v) is 7.49. The summed E-state index contributed by atoms with van der Waals surface area (Å²) in [5.74, 6) is 0.451. The standard InChI is InChI=1S/C20H29N3O2/c1-15-4-5-18(14-16(15)2)20(25)22-8-6-17(7-9-22)19(24)23-12-10-21(3)11-13-23/h4-5,14,17H,6-13H2,1-3H3. The van der Waals surface area contributed by atoms with Gasteiger partial charge in [-0.05, 0) is 57.0 Å². The SMILES string of the molecule is Cc1ccc(C(=O)N2CCC(C(=O)N3CCN(C)CC3)CC2)cc1C. The topological polar surface area (TPSA) is 43.9 Å². The van der Waals surface area contributed by atoms with E-state index in [2.05, 4.69) is 18.9 Å². The van der Waals surface area contributed by atoms with Gasteiger partial charge in [0.15, 0.2) is 0 Å². The van der Waals surface area contributed by atoms with Crippen LogP contribution in [-0.4, -0.2) is 72.8 Å². The molecule has 2 heterocycles. The van der Waals surface area contributed by atoms with Gasteiger partial charge in [0.05, 0.1) is 0 Å². The lowest BCUT2D eigenvalue weighted by atomic mass is 9.94. The van der Waals surface area contributed by atoms with Crippen LogP contribution in [-0.2, 0) is 4.79 Å². The maximum absolute atomic E-state index is 12.7. The van der Waals surface area contributed by atoms with Crippen molar-refractivity contribution >= 4 is 11.8 Å². The van der Waals surface area contributed by atoms with Gasteiger partial charge in [0.1, 0.15) is 0 Å². The lowest BCUT2D eigenvalue weighted by Gasteiger charge is -2.37. The molecule has 3 rings (SSSR count). The van der Waals surface area contributed by atoms with E-state index in [4.69, 9.17) is 0 Å². The number of hydrogen-bond acceptors (Lipinski definition) is 3. The lowest BCUT2D eigenvalue weighted by Crippen LogP contribution is -2.51. The minimum atomic E-state index is 0.0761. The van der Waals surface area contributed by atoms with Crippen molar-refractivity contribution in [2.45, 2.75) is 26.7 Å². The number of nitrogens with zero attached hydrogens (tertiary/aromatic N) is 3. The van der Waals surface area contributed by atoms with Crippen LogP contribution in [0.15, 0.2) is 18.2 Å². The highest BCUT2D eigenvalue weighted by Crippen LogP contribution is 2.22. The molecule has 0 aromatic heterocycles. The van der Waals surface area contributed by atoms with Crippen molar-refractivity contribution in [3.05, 3.63) is 34.9 Å². The first-order valence-electron chi connectivity index (χ1n) is 9.29. The molecular formula is C20H29N3O2. The van der Waals surface area contributed by atoms with E-state index in [9.17, 15) is 9.59 Å². The van der Waals surface area contributed by atoms with Crippen molar-refractivity contribution in [1.29, 1.82) is 0 Å². The van der Waals surface area contributed by atoms with E-state index in [0.29, 0.717) is 13.1 Å². The van der Waals surface area contributed by atoms with Gasteiger partial charge in [0.2, 0.25) is 5.91 Å². The number of hydrogen-bond donors (Lipinski definition) is 0. The smallest absolute Gasteiger partial charge is 0.253 e. The number of likely N-dealkylation sites (N-methyl/N-ethyl adjacent to an activating group) is 1. The number of piperidine rings is 1. The second kappa shape index (κ2) is 7.56. The highest BCUT2D eigenvalue weighted by Gasteiger charge is 2.31. The average molecular weight is 343 g/mol. The number of carbonyl (C=O) groups is 2. The van der Waals surface area contributed by atoms with E-state index in [-0.39, 0.29) is 17.7 Å². The molecule has 0 bridgehead atoms. The first kappa shape index (κ1) is 17.9. The summed E-state index contributed by atoms with van der Waals surface area (Å²) in [6.45, 7) is 9.01. The Labute approximate surface area is 150 Å². The Bertz CT molecular complexity index is 642. The largest absolute Gasteiger partial charge is 0.340 e. The molecule has 0 aliphatic carbocycles. The molecule has 0 radical (unpaired) electrons. The molecule has 2 aliphatic rings. The van der Waals surface area contributed by atoms with Crippen LogP contribution in [0.2, 0.25) is 0 Å². The van der Waals surface area contributed by atoms with Crippen molar-refractivity contribution in [1.82, 2.24) is 14.7 Å². The van der Waals surface area contributed by atoms with Gasteiger partial charge in [-0.25, -0.2) is 0 Å². The van der Waals surface area contributed by atoms with Crippen molar-refractivity contribution < 1.29 is 9.59 Å². The van der Waals surface area contributed by atoms with Gasteiger partial charge in [0.25, 0.3) is 5.91 Å². The predicted octanol–water partition coefficient (Wildman–Crippen LogP) is 1.93. The van der Waals surface area contributed by atoms with E-state index in [1.807, 2.05) is 34.9 Å². The third-order valence-electron chi connectivity index (χ3n) is 5.70. The summed E-state index contributed by atoms with van der Waals surface area (Å²) in [7, 11) is 2.10. The first-order valence-corrected chi connectivity index (χ1v) is 9.29. The van der Waals surface area contributed by atoms with Gasteiger partial charge in [-0.2, -0.15) is 0 Å². The van der Waals surface area contributed by atoms with Gasteiger partial charge in [-0.15, -0.1) is 0 Å². The normalized spacial score (nSPS) is 20.0. The maximum atomic E-state index is 12.7. The molecule has 5 nitrogen and oxygen atoms in total. The number of aryl methyl sites for hydroxylation is 2. The Morgan fingerprint density at radius 3 is 2.12 bits per heavy atom. The predicted molar refractivity (Wildman–Crippen MR) is 98.6 cm³/mol. The molecule has 5 heteroatoms. The number of piperazine rings is 1. The van der Waals surface area contributed by atoms with Gasteiger partial charge in [-0.1, -0.05) is 6.07 Å². The van der Waals surface area contributed by atoms with Crippen LogP contribution in [0.4, 0.5) is 0 Å². The van der Waals surface area contributed by atoms with Crippen molar-refractivity contribution in [3.8, 4) is 0 Å². The molecule has 0 spiro atoms. The average Bonchev–Trinajstić information content (AvgIpc) is 2.63. The van der Waals surface area contributed by atoms with E-state index in [0.717, 1.165) is 50.1 Å². The number of carbonyl (C=O) groups excluding carboxylic acids is 2. The van der Waals surface area contributed by atoms with Crippen molar-refractivity contribution in [3.63, 3.8) is 0 Å². The van der Waals surface area contributed by atoms with Crippen LogP contribution >= 0.6 is 0 Å². The van der Waals surface area contributed by atoms with Crippen LogP contribution < -0.4 is 0 Å².